The van der Waals surface area contributed by atoms with Gasteiger partial charge in [0.05, 0.1) is 0 Å². The first kappa shape index (κ1) is 13.4. The molecule has 2 aliphatic carbocycles. The van der Waals surface area contributed by atoms with Gasteiger partial charge in [-0.25, -0.2) is 0 Å². The number of hydrogen-bond donors (Lipinski definition) is 1. The van der Waals surface area contributed by atoms with Crippen molar-refractivity contribution in [3.8, 4) is 0 Å². The molecule has 1 atom stereocenters. The lowest BCUT2D eigenvalue weighted by atomic mass is 9.89. The monoisotopic (exact) mass is 238 g/mol. The first-order valence-corrected chi connectivity index (χ1v) is 7.66. The molecule has 0 aromatic carbocycles. The molecule has 0 aromatic heterocycles. The number of rotatable bonds is 7. The van der Waals surface area contributed by atoms with Gasteiger partial charge in [0.25, 0.3) is 0 Å². The van der Waals surface area contributed by atoms with Crippen LogP contribution in [-0.2, 0) is 0 Å². The van der Waals surface area contributed by atoms with Gasteiger partial charge in [0.2, 0.25) is 0 Å². The van der Waals surface area contributed by atoms with Gasteiger partial charge in [-0.2, -0.15) is 0 Å². The molecule has 0 aliphatic heterocycles. The highest BCUT2D eigenvalue weighted by molar-refractivity contribution is 4.81. The smallest absolute Gasteiger partial charge is 0.00683 e. The van der Waals surface area contributed by atoms with E-state index in [4.69, 9.17) is 0 Å². The SMILES string of the molecule is CC(CNC1CC1)CN(C)CC1CCCCC1. The van der Waals surface area contributed by atoms with Crippen LogP contribution in [0.2, 0.25) is 0 Å². The van der Waals surface area contributed by atoms with Crippen LogP contribution in [0, 0.1) is 11.8 Å². The third-order valence-corrected chi connectivity index (χ3v) is 4.25. The summed E-state index contributed by atoms with van der Waals surface area (Å²) in [6, 6.07) is 0.862. The van der Waals surface area contributed by atoms with E-state index in [-0.39, 0.29) is 0 Å². The molecule has 2 aliphatic rings. The van der Waals surface area contributed by atoms with E-state index >= 15 is 0 Å². The van der Waals surface area contributed by atoms with Gasteiger partial charge in [-0.15, -0.1) is 0 Å². The van der Waals surface area contributed by atoms with Crippen LogP contribution in [-0.4, -0.2) is 37.6 Å². The van der Waals surface area contributed by atoms with E-state index in [1.807, 2.05) is 0 Å². The van der Waals surface area contributed by atoms with Crippen molar-refractivity contribution in [1.82, 2.24) is 10.2 Å². The molecule has 2 heteroatoms. The maximum atomic E-state index is 3.64. The van der Waals surface area contributed by atoms with E-state index in [1.54, 1.807) is 0 Å². The van der Waals surface area contributed by atoms with Gasteiger partial charge in [0.15, 0.2) is 0 Å². The third kappa shape index (κ3) is 5.39. The second kappa shape index (κ2) is 6.75. The zero-order valence-electron chi connectivity index (χ0n) is 11.8. The van der Waals surface area contributed by atoms with E-state index in [2.05, 4.69) is 24.2 Å². The van der Waals surface area contributed by atoms with Crippen LogP contribution in [0.25, 0.3) is 0 Å². The normalized spacial score (nSPS) is 24.2. The lowest BCUT2D eigenvalue weighted by molar-refractivity contribution is 0.210. The van der Waals surface area contributed by atoms with Gasteiger partial charge in [0.1, 0.15) is 0 Å². The standard InChI is InChI=1S/C15H30N2/c1-13(10-16-15-8-9-15)11-17(2)12-14-6-4-3-5-7-14/h13-16H,3-12H2,1-2H3. The Morgan fingerprint density at radius 3 is 2.47 bits per heavy atom. The Labute approximate surface area is 107 Å². The van der Waals surface area contributed by atoms with Crippen molar-refractivity contribution >= 4 is 0 Å². The molecule has 0 saturated heterocycles. The topological polar surface area (TPSA) is 15.3 Å². The Hall–Kier alpha value is -0.0800. The molecule has 0 heterocycles. The summed E-state index contributed by atoms with van der Waals surface area (Å²) in [6.07, 6.45) is 10.2. The average molecular weight is 238 g/mol. The fraction of sp³-hybridized carbons (Fsp3) is 1.00. The van der Waals surface area contributed by atoms with Crippen molar-refractivity contribution in [2.75, 3.05) is 26.7 Å². The van der Waals surface area contributed by atoms with E-state index in [0.29, 0.717) is 0 Å². The molecule has 0 spiro atoms. The van der Waals surface area contributed by atoms with Crippen LogP contribution < -0.4 is 5.32 Å². The highest BCUT2D eigenvalue weighted by Crippen LogP contribution is 2.24. The predicted molar refractivity (Wildman–Crippen MR) is 74.3 cm³/mol. The molecular formula is C15H30N2. The Morgan fingerprint density at radius 1 is 1.12 bits per heavy atom. The maximum Gasteiger partial charge on any atom is 0.00683 e. The highest BCUT2D eigenvalue weighted by Gasteiger charge is 2.21. The molecule has 1 unspecified atom stereocenters. The molecule has 1 N–H and O–H groups in total. The number of nitrogens with zero attached hydrogens (tertiary/aromatic N) is 1. The van der Waals surface area contributed by atoms with Crippen molar-refractivity contribution in [3.05, 3.63) is 0 Å². The van der Waals surface area contributed by atoms with Crippen LogP contribution >= 0.6 is 0 Å². The number of nitrogens with one attached hydrogen (secondary N) is 1. The molecule has 0 aromatic rings. The van der Waals surface area contributed by atoms with E-state index in [1.165, 1.54) is 64.6 Å². The summed E-state index contributed by atoms with van der Waals surface area (Å²) < 4.78 is 0. The van der Waals surface area contributed by atoms with Crippen molar-refractivity contribution < 1.29 is 0 Å². The molecule has 2 fully saturated rings. The van der Waals surface area contributed by atoms with Gasteiger partial charge in [-0.1, -0.05) is 26.2 Å². The molecule has 17 heavy (non-hydrogen) atoms. The summed E-state index contributed by atoms with van der Waals surface area (Å²) in [5.41, 5.74) is 0. The second-order valence-electron chi connectivity index (χ2n) is 6.51. The van der Waals surface area contributed by atoms with Crippen molar-refractivity contribution in [2.45, 2.75) is 57.9 Å². The van der Waals surface area contributed by atoms with Crippen LogP contribution in [0.5, 0.6) is 0 Å². The van der Waals surface area contributed by atoms with Crippen molar-refractivity contribution in [3.63, 3.8) is 0 Å². The van der Waals surface area contributed by atoms with E-state index in [0.717, 1.165) is 17.9 Å². The van der Waals surface area contributed by atoms with E-state index in [9.17, 15) is 0 Å². The average Bonchev–Trinajstić information content (AvgIpc) is 3.11. The zero-order valence-corrected chi connectivity index (χ0v) is 11.8. The van der Waals surface area contributed by atoms with Gasteiger partial charge in [-0.05, 0) is 51.1 Å². The quantitative estimate of drug-likeness (QED) is 0.733. The predicted octanol–water partition coefficient (Wildman–Crippen LogP) is 2.89. The lowest BCUT2D eigenvalue weighted by Gasteiger charge is -2.28. The van der Waals surface area contributed by atoms with Crippen LogP contribution in [0.4, 0.5) is 0 Å². The minimum atomic E-state index is 0.796. The minimum Gasteiger partial charge on any atom is -0.314 e. The lowest BCUT2D eigenvalue weighted by Crippen LogP contribution is -2.34. The van der Waals surface area contributed by atoms with Gasteiger partial charge < -0.3 is 10.2 Å². The van der Waals surface area contributed by atoms with Gasteiger partial charge >= 0.3 is 0 Å². The van der Waals surface area contributed by atoms with Crippen molar-refractivity contribution in [2.24, 2.45) is 11.8 Å². The number of hydrogen-bond acceptors (Lipinski definition) is 2. The highest BCUT2D eigenvalue weighted by atomic mass is 15.1. The molecule has 100 valence electrons. The largest absolute Gasteiger partial charge is 0.314 e. The zero-order chi connectivity index (χ0) is 12.1. The van der Waals surface area contributed by atoms with Gasteiger partial charge in [-0.3, -0.25) is 0 Å². The van der Waals surface area contributed by atoms with Crippen molar-refractivity contribution in [1.29, 1.82) is 0 Å². The second-order valence-corrected chi connectivity index (χ2v) is 6.51. The first-order chi connectivity index (χ1) is 8.24. The Bertz CT molecular complexity index is 207. The summed E-state index contributed by atoms with van der Waals surface area (Å²) in [5, 5.41) is 3.64. The summed E-state index contributed by atoms with van der Waals surface area (Å²) >= 11 is 0. The molecule has 0 amide bonds. The molecule has 2 nitrogen and oxygen atoms in total. The molecule has 2 rings (SSSR count). The fourth-order valence-electron chi connectivity index (χ4n) is 3.14. The summed E-state index contributed by atoms with van der Waals surface area (Å²) in [7, 11) is 2.31. The molecule has 0 bridgehead atoms. The van der Waals surface area contributed by atoms with Crippen LogP contribution in [0.15, 0.2) is 0 Å². The summed E-state index contributed by atoms with van der Waals surface area (Å²) in [6.45, 7) is 6.18. The summed E-state index contributed by atoms with van der Waals surface area (Å²) in [4.78, 5) is 2.56. The maximum absolute atomic E-state index is 3.64. The Balaban J connectivity index is 1.56. The fourth-order valence-corrected chi connectivity index (χ4v) is 3.14. The Kier molecular flexibility index (Phi) is 5.30. The Morgan fingerprint density at radius 2 is 1.82 bits per heavy atom. The van der Waals surface area contributed by atoms with Crippen LogP contribution in [0.3, 0.4) is 0 Å². The summed E-state index contributed by atoms with van der Waals surface area (Å²) in [5.74, 6) is 1.78. The van der Waals surface area contributed by atoms with E-state index < -0.39 is 0 Å². The molecule has 2 saturated carbocycles. The van der Waals surface area contributed by atoms with Crippen LogP contribution in [0.1, 0.15) is 51.9 Å². The third-order valence-electron chi connectivity index (χ3n) is 4.25. The van der Waals surface area contributed by atoms with Gasteiger partial charge in [0, 0.05) is 19.1 Å². The molecule has 0 radical (unpaired) electrons. The minimum absolute atomic E-state index is 0.796. The first-order valence-electron chi connectivity index (χ1n) is 7.66. The molecular weight excluding hydrogens is 208 g/mol.